The molecule has 4 aromatic rings. The van der Waals surface area contributed by atoms with Gasteiger partial charge in [0.25, 0.3) is 0 Å². The van der Waals surface area contributed by atoms with Crippen LogP contribution in [0.5, 0.6) is 0 Å². The molecule has 9 heteroatoms. The van der Waals surface area contributed by atoms with Crippen LogP contribution in [0.25, 0.3) is 10.8 Å². The van der Waals surface area contributed by atoms with E-state index in [1.165, 1.54) is 18.0 Å². The Balaban J connectivity index is 1.67. The summed E-state index contributed by atoms with van der Waals surface area (Å²) in [7, 11) is -2.63. The van der Waals surface area contributed by atoms with Gasteiger partial charge in [-0.25, -0.2) is 8.42 Å². The summed E-state index contributed by atoms with van der Waals surface area (Å²) in [5.41, 5.74) is 1.53. The van der Waals surface area contributed by atoms with E-state index in [1.54, 1.807) is 30.3 Å². The lowest BCUT2D eigenvalue weighted by Crippen LogP contribution is -2.53. The second-order valence-electron chi connectivity index (χ2n) is 9.88. The fourth-order valence-corrected chi connectivity index (χ4v) is 5.96. The number of amides is 2. The largest absolute Gasteiger partial charge is 0.354 e. The first-order chi connectivity index (χ1) is 19.7. The molecule has 1 N–H and O–H groups in total. The lowest BCUT2D eigenvalue weighted by atomic mass is 10.0. The molecule has 4 rings (SSSR count). The second kappa shape index (κ2) is 13.8. The molecule has 0 aliphatic carbocycles. The molecule has 7 nitrogen and oxygen atoms in total. The standard InChI is InChI=1S/C32H34ClN3O4S/c1-3-19-34-32(38)30(20-24-11-5-4-6-12-24)36(22-27-15-9-10-16-29(27)33)31(37)23-35(2)41(39,40)28-18-17-25-13-7-8-14-26(25)21-28/h4-18,21,30H,3,19-20,22-23H2,1-2H3,(H,34,38)/t30-/m1/s1. The molecule has 0 saturated heterocycles. The van der Waals surface area contributed by atoms with Gasteiger partial charge in [-0.1, -0.05) is 97.4 Å². The minimum absolute atomic E-state index is 0.0411. The molecule has 41 heavy (non-hydrogen) atoms. The van der Waals surface area contributed by atoms with Gasteiger partial charge in [0.05, 0.1) is 11.4 Å². The molecule has 0 aliphatic rings. The number of fused-ring (bicyclic) bond motifs is 1. The second-order valence-corrected chi connectivity index (χ2v) is 12.3. The molecule has 0 radical (unpaired) electrons. The van der Waals surface area contributed by atoms with Crippen molar-refractivity contribution in [2.75, 3.05) is 20.1 Å². The number of hydrogen-bond donors (Lipinski definition) is 1. The fraction of sp³-hybridized carbons (Fsp3) is 0.250. The van der Waals surface area contributed by atoms with Crippen molar-refractivity contribution in [3.05, 3.63) is 113 Å². The maximum absolute atomic E-state index is 14.0. The van der Waals surface area contributed by atoms with Gasteiger partial charge in [0.2, 0.25) is 21.8 Å². The van der Waals surface area contributed by atoms with E-state index in [2.05, 4.69) is 5.32 Å². The number of carbonyl (C=O) groups excluding carboxylic acids is 2. The Kier molecular flexibility index (Phi) is 10.2. The SMILES string of the molecule is CCCNC(=O)[C@@H](Cc1ccccc1)N(Cc1ccccc1Cl)C(=O)CN(C)S(=O)(=O)c1ccc2ccccc2c1. The van der Waals surface area contributed by atoms with Gasteiger partial charge < -0.3 is 10.2 Å². The van der Waals surface area contributed by atoms with E-state index in [0.29, 0.717) is 17.1 Å². The highest BCUT2D eigenvalue weighted by atomic mass is 35.5. The molecule has 0 spiro atoms. The maximum atomic E-state index is 14.0. The molecule has 2 amide bonds. The Morgan fingerprint density at radius 1 is 0.878 bits per heavy atom. The van der Waals surface area contributed by atoms with Crippen molar-refractivity contribution in [2.24, 2.45) is 0 Å². The number of rotatable bonds is 12. The Hall–Kier alpha value is -3.72. The lowest BCUT2D eigenvalue weighted by molar-refractivity contribution is -0.141. The van der Waals surface area contributed by atoms with Gasteiger partial charge in [0.15, 0.2) is 0 Å². The van der Waals surface area contributed by atoms with E-state index in [0.717, 1.165) is 27.1 Å². The van der Waals surface area contributed by atoms with Gasteiger partial charge in [0, 0.05) is 31.6 Å². The van der Waals surface area contributed by atoms with E-state index in [9.17, 15) is 18.0 Å². The molecule has 0 unspecified atom stereocenters. The number of sulfonamides is 1. The quantitative estimate of drug-likeness (QED) is 0.243. The first-order valence-electron chi connectivity index (χ1n) is 13.5. The summed E-state index contributed by atoms with van der Waals surface area (Å²) in [4.78, 5) is 29.0. The van der Waals surface area contributed by atoms with Crippen LogP contribution in [-0.4, -0.2) is 55.6 Å². The topological polar surface area (TPSA) is 86.8 Å². The molecule has 1 atom stereocenters. The summed E-state index contributed by atoms with van der Waals surface area (Å²) in [6.45, 7) is 1.99. The molecule has 214 valence electrons. The molecule has 0 aliphatic heterocycles. The molecular weight excluding hydrogens is 558 g/mol. The monoisotopic (exact) mass is 591 g/mol. The maximum Gasteiger partial charge on any atom is 0.243 e. The minimum atomic E-state index is -4.00. The number of benzene rings is 4. The Labute approximate surface area is 246 Å². The average molecular weight is 592 g/mol. The van der Waals surface area contributed by atoms with Crippen LogP contribution >= 0.6 is 11.6 Å². The number of carbonyl (C=O) groups is 2. The van der Waals surface area contributed by atoms with E-state index in [4.69, 9.17) is 11.6 Å². The number of nitrogens with one attached hydrogen (secondary N) is 1. The smallest absolute Gasteiger partial charge is 0.243 e. The summed E-state index contributed by atoms with van der Waals surface area (Å²) in [5.74, 6) is -0.819. The zero-order valence-corrected chi connectivity index (χ0v) is 24.7. The zero-order valence-electron chi connectivity index (χ0n) is 23.2. The van der Waals surface area contributed by atoms with Gasteiger partial charge >= 0.3 is 0 Å². The third-order valence-electron chi connectivity index (χ3n) is 6.91. The highest BCUT2D eigenvalue weighted by Gasteiger charge is 2.33. The average Bonchev–Trinajstić information content (AvgIpc) is 2.98. The van der Waals surface area contributed by atoms with Crippen LogP contribution in [0.1, 0.15) is 24.5 Å². The van der Waals surface area contributed by atoms with Crippen molar-refractivity contribution in [2.45, 2.75) is 37.2 Å². The van der Waals surface area contributed by atoms with E-state index >= 15 is 0 Å². The van der Waals surface area contributed by atoms with Crippen LogP contribution in [0.4, 0.5) is 0 Å². The van der Waals surface area contributed by atoms with Gasteiger partial charge in [-0.2, -0.15) is 4.31 Å². The van der Waals surface area contributed by atoms with Gasteiger partial charge in [-0.05, 0) is 46.5 Å². The fourth-order valence-electron chi connectivity index (χ4n) is 4.60. The van der Waals surface area contributed by atoms with Crippen LogP contribution < -0.4 is 5.32 Å². The first kappa shape index (κ1) is 30.2. The van der Waals surface area contributed by atoms with E-state index in [1.807, 2.05) is 67.6 Å². The molecular formula is C32H34ClN3O4S. The van der Waals surface area contributed by atoms with E-state index < -0.39 is 28.5 Å². The van der Waals surface area contributed by atoms with Gasteiger partial charge in [-0.15, -0.1) is 0 Å². The Bertz CT molecular complexity index is 1610. The van der Waals surface area contributed by atoms with Gasteiger partial charge in [-0.3, -0.25) is 9.59 Å². The van der Waals surface area contributed by atoms with Gasteiger partial charge in [0.1, 0.15) is 6.04 Å². The van der Waals surface area contributed by atoms with E-state index in [-0.39, 0.29) is 23.8 Å². The Morgan fingerprint density at radius 3 is 2.24 bits per heavy atom. The van der Waals surface area contributed by atoms with Crippen LogP contribution in [0.2, 0.25) is 5.02 Å². The minimum Gasteiger partial charge on any atom is -0.354 e. The molecule has 0 fully saturated rings. The highest BCUT2D eigenvalue weighted by molar-refractivity contribution is 7.89. The lowest BCUT2D eigenvalue weighted by Gasteiger charge is -2.33. The first-order valence-corrected chi connectivity index (χ1v) is 15.3. The number of halogens is 1. The summed E-state index contributed by atoms with van der Waals surface area (Å²) in [6.07, 6.45) is 0.989. The predicted octanol–water partition coefficient (Wildman–Crippen LogP) is 5.28. The van der Waals surface area contributed by atoms with Crippen LogP contribution in [-0.2, 0) is 32.6 Å². The van der Waals surface area contributed by atoms with Crippen molar-refractivity contribution in [3.8, 4) is 0 Å². The van der Waals surface area contributed by atoms with Crippen molar-refractivity contribution in [1.82, 2.24) is 14.5 Å². The van der Waals surface area contributed by atoms with Crippen molar-refractivity contribution >= 4 is 44.2 Å². The highest BCUT2D eigenvalue weighted by Crippen LogP contribution is 2.23. The van der Waals surface area contributed by atoms with Crippen LogP contribution in [0.15, 0.2) is 102 Å². The predicted molar refractivity (Wildman–Crippen MR) is 163 cm³/mol. The van der Waals surface area contributed by atoms with Crippen molar-refractivity contribution in [1.29, 1.82) is 0 Å². The van der Waals surface area contributed by atoms with Crippen LogP contribution in [0, 0.1) is 0 Å². The third-order valence-corrected chi connectivity index (χ3v) is 9.07. The van der Waals surface area contributed by atoms with Crippen LogP contribution in [0.3, 0.4) is 0 Å². The molecule has 0 aromatic heterocycles. The molecule has 4 aromatic carbocycles. The Morgan fingerprint density at radius 2 is 1.54 bits per heavy atom. The number of hydrogen-bond acceptors (Lipinski definition) is 4. The summed E-state index contributed by atoms with van der Waals surface area (Å²) in [6, 6.07) is 28.0. The summed E-state index contributed by atoms with van der Waals surface area (Å²) >= 11 is 6.46. The normalized spacial score (nSPS) is 12.3. The van der Waals surface area contributed by atoms with Crippen molar-refractivity contribution in [3.63, 3.8) is 0 Å². The number of nitrogens with zero attached hydrogens (tertiary/aromatic N) is 2. The zero-order chi connectivity index (χ0) is 29.4. The number of likely N-dealkylation sites (N-methyl/N-ethyl adjacent to an activating group) is 1. The molecule has 0 bridgehead atoms. The molecule has 0 saturated carbocycles. The summed E-state index contributed by atoms with van der Waals surface area (Å²) in [5, 5.41) is 5.07. The van der Waals surface area contributed by atoms with Crippen molar-refractivity contribution < 1.29 is 18.0 Å². The molecule has 0 heterocycles. The summed E-state index contributed by atoms with van der Waals surface area (Å²) < 4.78 is 28.1. The third kappa shape index (κ3) is 7.52.